The molecule has 1 atom stereocenters. The molecule has 2 aromatic heterocycles. The van der Waals surface area contributed by atoms with Crippen LogP contribution in [0.1, 0.15) is 23.3 Å². The van der Waals surface area contributed by atoms with Gasteiger partial charge in [0.1, 0.15) is 0 Å². The second-order valence-electron chi connectivity index (χ2n) is 7.14. The molecule has 1 saturated heterocycles. The van der Waals surface area contributed by atoms with Crippen LogP contribution >= 0.6 is 23.1 Å². The molecule has 0 bridgehead atoms. The van der Waals surface area contributed by atoms with Crippen LogP contribution in [0, 0.1) is 6.92 Å². The summed E-state index contributed by atoms with van der Waals surface area (Å²) in [7, 11) is 0. The molecule has 1 aromatic carbocycles. The van der Waals surface area contributed by atoms with Crippen LogP contribution in [-0.4, -0.2) is 40.2 Å². The Morgan fingerprint density at radius 2 is 2.17 bits per heavy atom. The number of hydrogen-bond acceptors (Lipinski definition) is 6. The van der Waals surface area contributed by atoms with E-state index >= 15 is 0 Å². The highest BCUT2D eigenvalue weighted by Crippen LogP contribution is 2.28. The number of carbonyl (C=O) groups excluding carboxylic acids is 1. The summed E-state index contributed by atoms with van der Waals surface area (Å²) >= 11 is 3.16. The van der Waals surface area contributed by atoms with Crippen LogP contribution in [0.3, 0.4) is 0 Å². The molecule has 1 fully saturated rings. The molecular formula is C22H24N4O2S2. The van der Waals surface area contributed by atoms with Gasteiger partial charge in [0.05, 0.1) is 12.6 Å². The maximum Gasteiger partial charge on any atom is 0.322 e. The average Bonchev–Trinajstić information content (AvgIpc) is 3.45. The molecule has 1 N–H and O–H groups in total. The number of rotatable bonds is 7. The Hall–Kier alpha value is -2.42. The minimum Gasteiger partial charge on any atom is -0.376 e. The van der Waals surface area contributed by atoms with Crippen molar-refractivity contribution in [3.8, 4) is 0 Å². The maximum atomic E-state index is 13.1. The zero-order chi connectivity index (χ0) is 20.8. The zero-order valence-electron chi connectivity index (χ0n) is 16.8. The van der Waals surface area contributed by atoms with E-state index in [0.29, 0.717) is 18.2 Å². The van der Waals surface area contributed by atoms with E-state index in [9.17, 15) is 4.79 Å². The lowest BCUT2D eigenvalue weighted by atomic mass is 10.2. The monoisotopic (exact) mass is 440 g/mol. The number of carbonyl (C=O) groups is 1. The van der Waals surface area contributed by atoms with Crippen LogP contribution in [-0.2, 0) is 11.3 Å². The third kappa shape index (κ3) is 5.59. The summed E-state index contributed by atoms with van der Waals surface area (Å²) in [6.07, 6.45) is 5.63. The van der Waals surface area contributed by atoms with Crippen molar-refractivity contribution in [2.45, 2.75) is 42.5 Å². The molecule has 1 unspecified atom stereocenters. The van der Waals surface area contributed by atoms with Crippen molar-refractivity contribution in [1.29, 1.82) is 0 Å². The summed E-state index contributed by atoms with van der Waals surface area (Å²) in [5, 5.41) is 5.82. The van der Waals surface area contributed by atoms with Crippen molar-refractivity contribution >= 4 is 34.8 Å². The molecule has 6 nitrogen and oxygen atoms in total. The van der Waals surface area contributed by atoms with Crippen LogP contribution in [0.15, 0.2) is 64.2 Å². The van der Waals surface area contributed by atoms with Gasteiger partial charge in [0.25, 0.3) is 0 Å². The fourth-order valence-corrected chi connectivity index (χ4v) is 4.85. The largest absolute Gasteiger partial charge is 0.376 e. The highest BCUT2D eigenvalue weighted by atomic mass is 32.2. The molecule has 4 rings (SSSR count). The second kappa shape index (κ2) is 10.1. The van der Waals surface area contributed by atoms with Gasteiger partial charge in [0, 0.05) is 41.0 Å². The van der Waals surface area contributed by atoms with E-state index in [0.717, 1.165) is 40.5 Å². The number of ether oxygens (including phenoxy) is 1. The summed E-state index contributed by atoms with van der Waals surface area (Å²) in [6, 6.07) is 11.7. The molecular weight excluding hydrogens is 416 g/mol. The van der Waals surface area contributed by atoms with Gasteiger partial charge in [-0.2, -0.15) is 0 Å². The van der Waals surface area contributed by atoms with Gasteiger partial charge >= 0.3 is 6.03 Å². The zero-order valence-corrected chi connectivity index (χ0v) is 18.4. The second-order valence-corrected chi connectivity index (χ2v) is 9.21. The summed E-state index contributed by atoms with van der Waals surface area (Å²) in [6.45, 7) is 3.96. The minimum absolute atomic E-state index is 0.103. The number of nitrogens with zero attached hydrogens (tertiary/aromatic N) is 3. The van der Waals surface area contributed by atoms with Crippen molar-refractivity contribution in [3.05, 3.63) is 64.6 Å². The van der Waals surface area contributed by atoms with Gasteiger partial charge in [-0.1, -0.05) is 6.07 Å². The number of benzene rings is 1. The molecule has 0 radical (unpaired) electrons. The highest BCUT2D eigenvalue weighted by Gasteiger charge is 2.23. The number of nitrogens with one attached hydrogen (secondary N) is 1. The Morgan fingerprint density at radius 1 is 1.30 bits per heavy atom. The Kier molecular flexibility index (Phi) is 6.99. The first kappa shape index (κ1) is 20.8. The Bertz CT molecular complexity index is 961. The Morgan fingerprint density at radius 3 is 2.87 bits per heavy atom. The molecule has 1 aliphatic heterocycles. The topological polar surface area (TPSA) is 67.4 Å². The van der Waals surface area contributed by atoms with Crippen molar-refractivity contribution in [1.82, 2.24) is 14.9 Å². The van der Waals surface area contributed by atoms with Crippen LogP contribution in [0.25, 0.3) is 0 Å². The molecule has 30 heavy (non-hydrogen) atoms. The molecule has 8 heteroatoms. The van der Waals surface area contributed by atoms with E-state index in [2.05, 4.69) is 21.4 Å². The fourth-order valence-electron chi connectivity index (χ4n) is 3.32. The van der Waals surface area contributed by atoms with Crippen LogP contribution in [0.4, 0.5) is 10.5 Å². The number of urea groups is 1. The SMILES string of the molecule is Cc1cc(Sc2ncccn2)ccc1NC(=O)N(Cc1cccs1)CC1CCCO1. The van der Waals surface area contributed by atoms with E-state index in [4.69, 9.17) is 4.74 Å². The normalized spacial score (nSPS) is 15.8. The molecule has 1 aliphatic rings. The summed E-state index contributed by atoms with van der Waals surface area (Å²) in [5.74, 6) is 0. The Balaban J connectivity index is 1.44. The molecule has 3 heterocycles. The van der Waals surface area contributed by atoms with Gasteiger partial charge in [-0.15, -0.1) is 11.3 Å². The quantitative estimate of drug-likeness (QED) is 0.511. The van der Waals surface area contributed by atoms with Gasteiger partial charge in [-0.25, -0.2) is 14.8 Å². The number of aryl methyl sites for hydroxylation is 1. The lowest BCUT2D eigenvalue weighted by molar-refractivity contribution is 0.0821. The van der Waals surface area contributed by atoms with E-state index < -0.39 is 0 Å². The molecule has 3 aromatic rings. The fraction of sp³-hybridized carbons (Fsp3) is 0.318. The van der Waals surface area contributed by atoms with Crippen molar-refractivity contribution in [2.24, 2.45) is 0 Å². The number of hydrogen-bond donors (Lipinski definition) is 1. The summed E-state index contributed by atoms with van der Waals surface area (Å²) in [4.78, 5) is 25.6. The molecule has 0 spiro atoms. The number of thiophene rings is 1. The Labute approximate surface area is 184 Å². The lowest BCUT2D eigenvalue weighted by Gasteiger charge is -2.25. The first-order chi connectivity index (χ1) is 14.7. The van der Waals surface area contributed by atoms with Crippen LogP contribution < -0.4 is 5.32 Å². The predicted molar refractivity (Wildman–Crippen MR) is 120 cm³/mol. The minimum atomic E-state index is -0.103. The van der Waals surface area contributed by atoms with Crippen LogP contribution in [0.5, 0.6) is 0 Å². The predicted octanol–water partition coefficient (Wildman–Crippen LogP) is 5.21. The van der Waals surface area contributed by atoms with E-state index in [1.54, 1.807) is 29.8 Å². The van der Waals surface area contributed by atoms with Crippen molar-refractivity contribution in [2.75, 3.05) is 18.5 Å². The number of anilines is 1. The van der Waals surface area contributed by atoms with E-state index in [1.807, 2.05) is 41.5 Å². The van der Waals surface area contributed by atoms with Gasteiger partial charge in [-0.3, -0.25) is 0 Å². The first-order valence-corrected chi connectivity index (χ1v) is 11.6. The third-order valence-corrected chi connectivity index (χ3v) is 6.60. The molecule has 2 amide bonds. The summed E-state index contributed by atoms with van der Waals surface area (Å²) in [5.41, 5.74) is 1.80. The van der Waals surface area contributed by atoms with Crippen LogP contribution in [0.2, 0.25) is 0 Å². The van der Waals surface area contributed by atoms with Gasteiger partial charge in [0.15, 0.2) is 5.16 Å². The molecule has 0 aliphatic carbocycles. The van der Waals surface area contributed by atoms with Crippen molar-refractivity contribution in [3.63, 3.8) is 0 Å². The highest BCUT2D eigenvalue weighted by molar-refractivity contribution is 7.99. The lowest BCUT2D eigenvalue weighted by Crippen LogP contribution is -2.39. The van der Waals surface area contributed by atoms with Gasteiger partial charge < -0.3 is 15.0 Å². The van der Waals surface area contributed by atoms with E-state index in [-0.39, 0.29) is 12.1 Å². The van der Waals surface area contributed by atoms with Gasteiger partial charge in [-0.05, 0) is 72.8 Å². The standard InChI is InChI=1S/C22H24N4O2S2/c1-16-13-18(30-21-23-9-4-10-24-21)7-8-20(16)25-22(27)26(14-17-5-2-11-28-17)15-19-6-3-12-29-19/h3-4,6-10,12-13,17H,2,5,11,14-15H2,1H3,(H,25,27). The number of amides is 2. The molecule has 0 saturated carbocycles. The maximum absolute atomic E-state index is 13.1. The summed E-state index contributed by atoms with van der Waals surface area (Å²) < 4.78 is 5.77. The van der Waals surface area contributed by atoms with Crippen molar-refractivity contribution < 1.29 is 9.53 Å². The van der Waals surface area contributed by atoms with Gasteiger partial charge in [0.2, 0.25) is 0 Å². The molecule has 156 valence electrons. The van der Waals surface area contributed by atoms with E-state index in [1.165, 1.54) is 11.8 Å². The smallest absolute Gasteiger partial charge is 0.322 e. The first-order valence-electron chi connectivity index (χ1n) is 9.93. The number of aromatic nitrogens is 2. The average molecular weight is 441 g/mol. The third-order valence-electron chi connectivity index (χ3n) is 4.85.